The fraction of sp³-hybridized carbons (Fsp3) is 0.143. The Balaban J connectivity index is 0.00000169. The van der Waals surface area contributed by atoms with Crippen LogP contribution in [-0.4, -0.2) is 15.9 Å². The van der Waals surface area contributed by atoms with Crippen LogP contribution < -0.4 is 34.3 Å². The minimum Gasteiger partial charge on any atom is -0.768 e. The van der Waals surface area contributed by atoms with E-state index in [9.17, 15) is 13.2 Å². The molecule has 1 atom stereocenters. The standard InChI is InChI=1S/C7H6BrFO3S.Na/c1-12-5-3-2-4(8)7(6(5)9)13(10)11;/h2-3H,1H3,(H,10,11);/q;+1/p-1. The van der Waals surface area contributed by atoms with E-state index in [4.69, 9.17) is 0 Å². The number of halogens is 2. The summed E-state index contributed by atoms with van der Waals surface area (Å²) in [6.45, 7) is 0. The van der Waals surface area contributed by atoms with Gasteiger partial charge in [0.25, 0.3) is 0 Å². The first-order chi connectivity index (χ1) is 6.07. The van der Waals surface area contributed by atoms with Gasteiger partial charge in [0.1, 0.15) is 0 Å². The Labute approximate surface area is 114 Å². The van der Waals surface area contributed by atoms with Crippen molar-refractivity contribution >= 4 is 27.0 Å². The minimum atomic E-state index is -2.62. The van der Waals surface area contributed by atoms with Crippen LogP contribution in [0.25, 0.3) is 0 Å². The first-order valence-corrected chi connectivity index (χ1v) is 5.06. The summed E-state index contributed by atoms with van der Waals surface area (Å²) in [5.74, 6) is -0.979. The molecule has 1 unspecified atom stereocenters. The second kappa shape index (κ2) is 6.19. The van der Waals surface area contributed by atoms with Gasteiger partial charge in [0, 0.05) is 4.47 Å². The molecule has 1 rings (SSSR count). The molecule has 0 saturated heterocycles. The average Bonchev–Trinajstić information content (AvgIpc) is 2.04. The molecule has 0 aliphatic carbocycles. The molecule has 0 amide bonds. The summed E-state index contributed by atoms with van der Waals surface area (Å²) in [5.41, 5.74) is 0. The van der Waals surface area contributed by atoms with Crippen LogP contribution in [0.5, 0.6) is 5.75 Å². The van der Waals surface area contributed by atoms with Crippen molar-refractivity contribution in [3.05, 3.63) is 22.4 Å². The fourth-order valence-electron chi connectivity index (χ4n) is 0.825. The Hall–Kier alpha value is 0.540. The molecule has 0 heterocycles. The molecular weight excluding hydrogens is 286 g/mol. The summed E-state index contributed by atoms with van der Waals surface area (Å²) in [6.07, 6.45) is 0. The predicted molar refractivity (Wildman–Crippen MR) is 47.8 cm³/mol. The van der Waals surface area contributed by atoms with Gasteiger partial charge in [-0.15, -0.1) is 0 Å². The topological polar surface area (TPSA) is 49.4 Å². The summed E-state index contributed by atoms with van der Waals surface area (Å²) >= 11 is 0.307. The fourth-order valence-corrected chi connectivity index (χ4v) is 2.00. The molecule has 0 aliphatic rings. The summed E-state index contributed by atoms with van der Waals surface area (Å²) < 4.78 is 39.2. The van der Waals surface area contributed by atoms with Gasteiger partial charge in [0.15, 0.2) is 11.6 Å². The number of methoxy groups -OCH3 is 1. The van der Waals surface area contributed by atoms with Gasteiger partial charge in [-0.25, -0.2) is 4.39 Å². The van der Waals surface area contributed by atoms with E-state index in [1.165, 1.54) is 19.2 Å². The predicted octanol–water partition coefficient (Wildman–Crippen LogP) is -1.16. The monoisotopic (exact) mass is 290 g/mol. The van der Waals surface area contributed by atoms with Crippen molar-refractivity contribution in [3.63, 3.8) is 0 Å². The van der Waals surface area contributed by atoms with Crippen molar-refractivity contribution in [1.82, 2.24) is 0 Å². The van der Waals surface area contributed by atoms with E-state index >= 15 is 0 Å². The van der Waals surface area contributed by atoms with Gasteiger partial charge in [-0.1, -0.05) is 0 Å². The number of hydrogen-bond acceptors (Lipinski definition) is 3. The molecule has 1 aromatic carbocycles. The van der Waals surface area contributed by atoms with E-state index in [1.54, 1.807) is 0 Å². The molecule has 0 fully saturated rings. The number of benzene rings is 1. The third kappa shape index (κ3) is 3.01. The Morgan fingerprint density at radius 2 is 2.14 bits per heavy atom. The van der Waals surface area contributed by atoms with Crippen LogP contribution in [0.15, 0.2) is 21.5 Å². The number of ether oxygens (including phenoxy) is 1. The number of hydrogen-bond donors (Lipinski definition) is 0. The van der Waals surface area contributed by atoms with Crippen molar-refractivity contribution in [2.24, 2.45) is 0 Å². The third-order valence-corrected chi connectivity index (χ3v) is 3.06. The zero-order chi connectivity index (χ0) is 10.0. The average molecular weight is 291 g/mol. The first-order valence-electron chi connectivity index (χ1n) is 3.19. The van der Waals surface area contributed by atoms with Crippen molar-refractivity contribution in [3.8, 4) is 5.75 Å². The van der Waals surface area contributed by atoms with Crippen molar-refractivity contribution in [1.29, 1.82) is 0 Å². The van der Waals surface area contributed by atoms with Crippen LogP contribution in [0, 0.1) is 5.82 Å². The van der Waals surface area contributed by atoms with Crippen molar-refractivity contribution in [2.75, 3.05) is 7.11 Å². The van der Waals surface area contributed by atoms with Gasteiger partial charge in [0.05, 0.1) is 12.0 Å². The van der Waals surface area contributed by atoms with Crippen LogP contribution in [0.4, 0.5) is 4.39 Å². The van der Waals surface area contributed by atoms with Gasteiger partial charge < -0.3 is 9.29 Å². The van der Waals surface area contributed by atoms with Crippen LogP contribution >= 0.6 is 15.9 Å². The maximum absolute atomic E-state index is 13.2. The van der Waals surface area contributed by atoms with E-state index in [0.29, 0.717) is 0 Å². The van der Waals surface area contributed by atoms with Gasteiger partial charge in [-0.05, 0) is 39.1 Å². The number of rotatable bonds is 2. The quantitative estimate of drug-likeness (QED) is 0.510. The Morgan fingerprint density at radius 3 is 2.57 bits per heavy atom. The Morgan fingerprint density at radius 1 is 1.57 bits per heavy atom. The molecule has 0 bridgehead atoms. The normalized spacial score (nSPS) is 11.7. The van der Waals surface area contributed by atoms with Gasteiger partial charge in [-0.3, -0.25) is 4.21 Å². The van der Waals surface area contributed by atoms with Crippen LogP contribution in [0.1, 0.15) is 0 Å². The van der Waals surface area contributed by atoms with Gasteiger partial charge in [0.2, 0.25) is 0 Å². The SMILES string of the molecule is COc1ccc(Br)c(S(=O)[O-])c1F.[Na+]. The molecule has 14 heavy (non-hydrogen) atoms. The smallest absolute Gasteiger partial charge is 0.768 e. The zero-order valence-corrected chi connectivity index (χ0v) is 11.9. The molecule has 0 radical (unpaired) electrons. The molecule has 0 N–H and O–H groups in total. The molecular formula is C7H5BrFNaO3S. The molecule has 0 aliphatic heterocycles. The third-order valence-electron chi connectivity index (χ3n) is 1.40. The molecule has 0 spiro atoms. The summed E-state index contributed by atoms with van der Waals surface area (Å²) in [5, 5.41) is 0. The second-order valence-corrected chi connectivity index (χ2v) is 3.86. The van der Waals surface area contributed by atoms with Crippen molar-refractivity contribution in [2.45, 2.75) is 4.90 Å². The zero-order valence-electron chi connectivity index (χ0n) is 7.54. The molecule has 72 valence electrons. The minimum absolute atomic E-state index is 0. The van der Waals surface area contributed by atoms with E-state index in [-0.39, 0.29) is 39.8 Å². The van der Waals surface area contributed by atoms with Crippen LogP contribution in [0.2, 0.25) is 0 Å². The first kappa shape index (κ1) is 14.5. The maximum atomic E-state index is 13.2. The molecule has 3 nitrogen and oxygen atoms in total. The summed E-state index contributed by atoms with van der Waals surface area (Å²) in [6, 6.07) is 2.75. The molecule has 7 heteroatoms. The van der Waals surface area contributed by atoms with Gasteiger partial charge >= 0.3 is 29.6 Å². The van der Waals surface area contributed by atoms with E-state index in [0.717, 1.165) is 0 Å². The summed E-state index contributed by atoms with van der Waals surface area (Å²) in [7, 11) is 1.27. The van der Waals surface area contributed by atoms with Gasteiger partial charge in [-0.2, -0.15) is 0 Å². The molecule has 0 saturated carbocycles. The maximum Gasteiger partial charge on any atom is 1.00 e. The second-order valence-electron chi connectivity index (χ2n) is 2.13. The van der Waals surface area contributed by atoms with E-state index < -0.39 is 21.8 Å². The molecule has 1 aromatic rings. The van der Waals surface area contributed by atoms with E-state index in [2.05, 4.69) is 20.7 Å². The summed E-state index contributed by atoms with van der Waals surface area (Å²) in [4.78, 5) is -0.417. The Kier molecular flexibility index (Phi) is 6.43. The van der Waals surface area contributed by atoms with Crippen LogP contribution in [0.3, 0.4) is 0 Å². The molecule has 0 aromatic heterocycles. The largest absolute Gasteiger partial charge is 1.00 e. The van der Waals surface area contributed by atoms with Crippen LogP contribution in [-0.2, 0) is 11.1 Å². The van der Waals surface area contributed by atoms with Crippen molar-refractivity contribution < 1.29 is 47.4 Å². The Bertz CT molecular complexity index is 361. The van der Waals surface area contributed by atoms with E-state index in [1.807, 2.05) is 0 Å².